The highest BCUT2D eigenvalue weighted by Gasteiger charge is 2.17. The summed E-state index contributed by atoms with van der Waals surface area (Å²) in [6, 6.07) is 6.01. The SMILES string of the molecule is CC/C=C(\C)C(=O)N(CCO)c1ccc(C(=O)O)cc1. The molecule has 0 aliphatic carbocycles. The van der Waals surface area contributed by atoms with Crippen molar-refractivity contribution in [2.24, 2.45) is 0 Å². The van der Waals surface area contributed by atoms with Crippen molar-refractivity contribution >= 4 is 17.6 Å². The molecule has 0 spiro atoms. The van der Waals surface area contributed by atoms with Crippen LogP contribution in [0, 0.1) is 0 Å². The van der Waals surface area contributed by atoms with Crippen molar-refractivity contribution in [1.82, 2.24) is 0 Å². The van der Waals surface area contributed by atoms with E-state index in [-0.39, 0.29) is 24.6 Å². The number of benzene rings is 1. The van der Waals surface area contributed by atoms with E-state index in [9.17, 15) is 9.59 Å². The second-order valence-corrected chi connectivity index (χ2v) is 4.33. The van der Waals surface area contributed by atoms with Crippen LogP contribution in [0.3, 0.4) is 0 Å². The van der Waals surface area contributed by atoms with E-state index < -0.39 is 5.97 Å². The van der Waals surface area contributed by atoms with Crippen molar-refractivity contribution in [3.05, 3.63) is 41.5 Å². The number of hydrogen-bond acceptors (Lipinski definition) is 3. The third-order valence-corrected chi connectivity index (χ3v) is 2.84. The molecular formula is C15H19NO4. The van der Waals surface area contributed by atoms with Gasteiger partial charge in [-0.1, -0.05) is 13.0 Å². The average molecular weight is 277 g/mol. The van der Waals surface area contributed by atoms with E-state index in [1.807, 2.05) is 13.0 Å². The van der Waals surface area contributed by atoms with Gasteiger partial charge in [-0.05, 0) is 37.6 Å². The van der Waals surface area contributed by atoms with Gasteiger partial charge in [0.25, 0.3) is 5.91 Å². The Bertz CT molecular complexity index is 505. The van der Waals surface area contributed by atoms with E-state index in [2.05, 4.69) is 0 Å². The minimum Gasteiger partial charge on any atom is -0.478 e. The molecule has 1 aromatic rings. The number of aliphatic hydroxyl groups excluding tert-OH is 1. The van der Waals surface area contributed by atoms with Crippen LogP contribution in [0.15, 0.2) is 35.9 Å². The molecule has 0 fully saturated rings. The van der Waals surface area contributed by atoms with Crippen LogP contribution in [0.1, 0.15) is 30.6 Å². The Balaban J connectivity index is 3.04. The lowest BCUT2D eigenvalue weighted by Gasteiger charge is -2.22. The van der Waals surface area contributed by atoms with Crippen molar-refractivity contribution in [3.63, 3.8) is 0 Å². The summed E-state index contributed by atoms with van der Waals surface area (Å²) >= 11 is 0. The molecule has 0 aromatic heterocycles. The highest BCUT2D eigenvalue weighted by molar-refractivity contribution is 6.05. The van der Waals surface area contributed by atoms with E-state index >= 15 is 0 Å². The van der Waals surface area contributed by atoms with Crippen molar-refractivity contribution in [1.29, 1.82) is 0 Å². The number of aliphatic hydroxyl groups is 1. The van der Waals surface area contributed by atoms with Crippen LogP contribution in [-0.4, -0.2) is 35.2 Å². The maximum atomic E-state index is 12.3. The predicted octanol–water partition coefficient (Wildman–Crippen LogP) is 2.07. The first-order valence-corrected chi connectivity index (χ1v) is 6.44. The number of carboxylic acids is 1. The Morgan fingerprint density at radius 2 is 1.85 bits per heavy atom. The fourth-order valence-corrected chi connectivity index (χ4v) is 1.84. The quantitative estimate of drug-likeness (QED) is 0.780. The van der Waals surface area contributed by atoms with Gasteiger partial charge in [0, 0.05) is 17.8 Å². The number of carboxylic acid groups (broad SMARTS) is 1. The van der Waals surface area contributed by atoms with Gasteiger partial charge in [-0.3, -0.25) is 4.79 Å². The van der Waals surface area contributed by atoms with Crippen LogP contribution in [0.5, 0.6) is 0 Å². The summed E-state index contributed by atoms with van der Waals surface area (Å²) in [5, 5.41) is 17.9. The van der Waals surface area contributed by atoms with Crippen LogP contribution in [0.2, 0.25) is 0 Å². The first kappa shape index (κ1) is 15.9. The van der Waals surface area contributed by atoms with Gasteiger partial charge in [-0.2, -0.15) is 0 Å². The van der Waals surface area contributed by atoms with Gasteiger partial charge in [0.15, 0.2) is 0 Å². The number of nitrogens with zero attached hydrogens (tertiary/aromatic N) is 1. The second-order valence-electron chi connectivity index (χ2n) is 4.33. The summed E-state index contributed by atoms with van der Waals surface area (Å²) in [5.41, 5.74) is 1.33. The van der Waals surface area contributed by atoms with E-state index in [0.29, 0.717) is 11.3 Å². The van der Waals surface area contributed by atoms with Crippen molar-refractivity contribution in [3.8, 4) is 0 Å². The summed E-state index contributed by atoms with van der Waals surface area (Å²) in [5.74, 6) is -1.21. The maximum absolute atomic E-state index is 12.3. The zero-order valence-corrected chi connectivity index (χ0v) is 11.7. The van der Waals surface area contributed by atoms with Crippen molar-refractivity contribution < 1.29 is 19.8 Å². The third-order valence-electron chi connectivity index (χ3n) is 2.84. The van der Waals surface area contributed by atoms with Gasteiger partial charge in [-0.25, -0.2) is 4.79 Å². The third kappa shape index (κ3) is 3.93. The Labute approximate surface area is 118 Å². The smallest absolute Gasteiger partial charge is 0.335 e. The van der Waals surface area contributed by atoms with Crippen molar-refractivity contribution in [2.45, 2.75) is 20.3 Å². The number of amides is 1. The number of rotatable bonds is 6. The molecule has 1 aromatic carbocycles. The van der Waals surface area contributed by atoms with Gasteiger partial charge in [0.2, 0.25) is 0 Å². The van der Waals surface area contributed by atoms with Crippen LogP contribution in [0.25, 0.3) is 0 Å². The predicted molar refractivity (Wildman–Crippen MR) is 76.9 cm³/mol. The topological polar surface area (TPSA) is 77.8 Å². The molecule has 108 valence electrons. The van der Waals surface area contributed by atoms with Gasteiger partial charge in [0.05, 0.1) is 12.2 Å². The lowest BCUT2D eigenvalue weighted by molar-refractivity contribution is -0.115. The molecule has 0 radical (unpaired) electrons. The summed E-state index contributed by atoms with van der Waals surface area (Å²) in [6.45, 7) is 3.67. The van der Waals surface area contributed by atoms with Crippen LogP contribution in [0.4, 0.5) is 5.69 Å². The largest absolute Gasteiger partial charge is 0.478 e. The van der Waals surface area contributed by atoms with Gasteiger partial charge in [0.1, 0.15) is 0 Å². The summed E-state index contributed by atoms with van der Waals surface area (Å²) < 4.78 is 0. The Morgan fingerprint density at radius 3 is 2.30 bits per heavy atom. The highest BCUT2D eigenvalue weighted by atomic mass is 16.4. The van der Waals surface area contributed by atoms with E-state index in [1.54, 1.807) is 19.1 Å². The molecule has 2 N–H and O–H groups in total. The van der Waals surface area contributed by atoms with E-state index in [1.165, 1.54) is 17.0 Å². The summed E-state index contributed by atoms with van der Waals surface area (Å²) in [6.07, 6.45) is 2.57. The van der Waals surface area contributed by atoms with Crippen molar-refractivity contribution in [2.75, 3.05) is 18.1 Å². The second kappa shape index (κ2) is 7.45. The summed E-state index contributed by atoms with van der Waals surface area (Å²) in [4.78, 5) is 24.5. The zero-order valence-electron chi connectivity index (χ0n) is 11.7. The molecule has 1 amide bonds. The molecule has 0 atom stereocenters. The molecule has 5 nitrogen and oxygen atoms in total. The molecule has 0 saturated carbocycles. The monoisotopic (exact) mass is 277 g/mol. The molecule has 0 heterocycles. The number of carbonyl (C=O) groups excluding carboxylic acids is 1. The summed E-state index contributed by atoms with van der Waals surface area (Å²) in [7, 11) is 0. The molecular weight excluding hydrogens is 258 g/mol. The molecule has 5 heteroatoms. The lowest BCUT2D eigenvalue weighted by Crippen LogP contribution is -2.34. The van der Waals surface area contributed by atoms with Crippen LogP contribution in [-0.2, 0) is 4.79 Å². The lowest BCUT2D eigenvalue weighted by atomic mass is 10.1. The molecule has 0 saturated heterocycles. The Morgan fingerprint density at radius 1 is 1.25 bits per heavy atom. The Kier molecular flexibility index (Phi) is 5.93. The highest BCUT2D eigenvalue weighted by Crippen LogP contribution is 2.18. The Hall–Kier alpha value is -2.14. The molecule has 0 aliphatic heterocycles. The number of hydrogen-bond donors (Lipinski definition) is 2. The first-order valence-electron chi connectivity index (χ1n) is 6.44. The normalized spacial score (nSPS) is 11.2. The number of aromatic carboxylic acids is 1. The molecule has 1 rings (SSSR count). The average Bonchev–Trinajstić information content (AvgIpc) is 2.44. The fraction of sp³-hybridized carbons (Fsp3) is 0.333. The minimum absolute atomic E-state index is 0.158. The molecule has 0 unspecified atom stereocenters. The number of anilines is 1. The van der Waals surface area contributed by atoms with E-state index in [0.717, 1.165) is 6.42 Å². The minimum atomic E-state index is -1.02. The standard InChI is InChI=1S/C15H19NO4/c1-3-4-11(2)14(18)16(9-10-17)13-7-5-12(6-8-13)15(19)20/h4-8,17H,3,9-10H2,1-2H3,(H,19,20)/b11-4+. The van der Waals surface area contributed by atoms with Crippen LogP contribution >= 0.6 is 0 Å². The number of allylic oxidation sites excluding steroid dienone is 1. The molecule has 0 bridgehead atoms. The van der Waals surface area contributed by atoms with Gasteiger partial charge in [-0.15, -0.1) is 0 Å². The van der Waals surface area contributed by atoms with Crippen LogP contribution < -0.4 is 4.90 Å². The van der Waals surface area contributed by atoms with Gasteiger partial charge < -0.3 is 15.1 Å². The number of carbonyl (C=O) groups is 2. The maximum Gasteiger partial charge on any atom is 0.335 e. The molecule has 20 heavy (non-hydrogen) atoms. The zero-order chi connectivity index (χ0) is 15.1. The van der Waals surface area contributed by atoms with E-state index in [4.69, 9.17) is 10.2 Å². The fourth-order valence-electron chi connectivity index (χ4n) is 1.84. The molecule has 0 aliphatic rings. The first-order chi connectivity index (χ1) is 9.51. The van der Waals surface area contributed by atoms with Gasteiger partial charge >= 0.3 is 5.97 Å².